The Labute approximate surface area is 226 Å². The molecule has 1 aliphatic rings. The highest BCUT2D eigenvalue weighted by Gasteiger charge is 2.28. The second-order valence-electron chi connectivity index (χ2n) is 10.5. The number of carbonyl (C=O) groups excluding carboxylic acids is 2. The van der Waals surface area contributed by atoms with Crippen LogP contribution in [-0.4, -0.2) is 72.8 Å². The molecule has 0 radical (unpaired) electrons. The van der Waals surface area contributed by atoms with Crippen molar-refractivity contribution in [3.05, 3.63) is 54.1 Å². The van der Waals surface area contributed by atoms with Gasteiger partial charge >= 0.3 is 6.09 Å². The summed E-state index contributed by atoms with van der Waals surface area (Å²) < 4.78 is 11.3. The monoisotopic (exact) mass is 520 g/mol. The molecule has 0 aliphatic carbocycles. The van der Waals surface area contributed by atoms with Gasteiger partial charge in [0.25, 0.3) is 0 Å². The Balaban J connectivity index is 1.39. The van der Waals surface area contributed by atoms with Crippen molar-refractivity contribution in [2.45, 2.75) is 58.6 Å². The molecule has 0 aromatic heterocycles. The first kappa shape index (κ1) is 29.0. The van der Waals surface area contributed by atoms with E-state index in [1.54, 1.807) is 20.8 Å². The van der Waals surface area contributed by atoms with Gasteiger partial charge in [-0.2, -0.15) is 5.26 Å². The van der Waals surface area contributed by atoms with Crippen LogP contribution in [0.3, 0.4) is 0 Å². The van der Waals surface area contributed by atoms with Gasteiger partial charge < -0.3 is 24.6 Å². The molecule has 2 aromatic carbocycles. The largest absolute Gasteiger partial charge is 0.494 e. The molecule has 1 fully saturated rings. The number of nitriles is 1. The molecule has 8 nitrogen and oxygen atoms in total. The first-order valence-corrected chi connectivity index (χ1v) is 13.4. The summed E-state index contributed by atoms with van der Waals surface area (Å²) in [7, 11) is 0. The Morgan fingerprint density at radius 3 is 2.26 bits per heavy atom. The van der Waals surface area contributed by atoms with Crippen molar-refractivity contribution in [1.29, 1.82) is 5.26 Å². The molecule has 204 valence electrons. The minimum absolute atomic E-state index is 0.0482. The van der Waals surface area contributed by atoms with Crippen molar-refractivity contribution in [2.24, 2.45) is 0 Å². The molecule has 2 amide bonds. The molecule has 1 N–H and O–H groups in total. The number of hydrogen-bond acceptors (Lipinski definition) is 6. The maximum atomic E-state index is 13.1. The second kappa shape index (κ2) is 13.8. The maximum Gasteiger partial charge on any atom is 0.408 e. The second-order valence-corrected chi connectivity index (χ2v) is 10.5. The molecule has 1 heterocycles. The van der Waals surface area contributed by atoms with Crippen LogP contribution >= 0.6 is 0 Å². The van der Waals surface area contributed by atoms with E-state index >= 15 is 0 Å². The molecule has 1 aliphatic heterocycles. The highest BCUT2D eigenvalue weighted by Crippen LogP contribution is 2.23. The molecule has 0 unspecified atom stereocenters. The van der Waals surface area contributed by atoms with Crippen molar-refractivity contribution < 1.29 is 19.1 Å². The summed E-state index contributed by atoms with van der Waals surface area (Å²) in [4.78, 5) is 29.4. The van der Waals surface area contributed by atoms with Crippen LogP contribution in [0, 0.1) is 11.3 Å². The molecule has 0 spiro atoms. The van der Waals surface area contributed by atoms with Crippen molar-refractivity contribution in [3.63, 3.8) is 0 Å². The van der Waals surface area contributed by atoms with E-state index in [-0.39, 0.29) is 5.91 Å². The lowest BCUT2D eigenvalue weighted by atomic mass is 10.0. The molecule has 8 heteroatoms. The van der Waals surface area contributed by atoms with E-state index in [9.17, 15) is 9.59 Å². The fourth-order valence-electron chi connectivity index (χ4n) is 4.38. The highest BCUT2D eigenvalue weighted by atomic mass is 16.6. The lowest BCUT2D eigenvalue weighted by molar-refractivity contribution is -0.133. The number of ether oxygens (including phenoxy) is 2. The number of alkyl carbamates (subject to hydrolysis) is 1. The molecular formula is C30H40N4O4. The Hall–Kier alpha value is -3.57. The summed E-state index contributed by atoms with van der Waals surface area (Å²) in [6.07, 6.45) is 1.75. The lowest BCUT2D eigenvalue weighted by Gasteiger charge is -2.27. The van der Waals surface area contributed by atoms with E-state index in [1.165, 1.54) is 0 Å². The first-order valence-electron chi connectivity index (χ1n) is 13.4. The zero-order valence-electron chi connectivity index (χ0n) is 23.0. The van der Waals surface area contributed by atoms with Crippen LogP contribution in [0.4, 0.5) is 4.79 Å². The molecule has 38 heavy (non-hydrogen) atoms. The fraction of sp³-hybridized carbons (Fsp3) is 0.500. The Morgan fingerprint density at radius 2 is 1.66 bits per heavy atom. The minimum Gasteiger partial charge on any atom is -0.494 e. The molecule has 2 aromatic rings. The third-order valence-corrected chi connectivity index (χ3v) is 6.39. The predicted molar refractivity (Wildman–Crippen MR) is 148 cm³/mol. The summed E-state index contributed by atoms with van der Waals surface area (Å²) in [5.41, 5.74) is 2.19. The molecule has 1 saturated heterocycles. The number of rotatable bonds is 9. The molecule has 0 bridgehead atoms. The average Bonchev–Trinajstić information content (AvgIpc) is 3.14. The summed E-state index contributed by atoms with van der Waals surface area (Å²) in [5.74, 6) is 0.783. The van der Waals surface area contributed by atoms with E-state index in [1.807, 2.05) is 60.4 Å². The number of benzene rings is 2. The summed E-state index contributed by atoms with van der Waals surface area (Å²) in [6.45, 7) is 11.9. The van der Waals surface area contributed by atoms with E-state index < -0.39 is 17.7 Å². The Bertz CT molecular complexity index is 1090. The van der Waals surface area contributed by atoms with Crippen LogP contribution in [0.15, 0.2) is 48.5 Å². The van der Waals surface area contributed by atoms with E-state index in [0.717, 1.165) is 49.4 Å². The van der Waals surface area contributed by atoms with Gasteiger partial charge in [-0.3, -0.25) is 4.79 Å². The highest BCUT2D eigenvalue weighted by molar-refractivity contribution is 5.85. The van der Waals surface area contributed by atoms with Crippen LogP contribution in [0.25, 0.3) is 11.1 Å². The number of amides is 2. The van der Waals surface area contributed by atoms with Gasteiger partial charge in [0.05, 0.1) is 18.2 Å². The van der Waals surface area contributed by atoms with E-state index in [4.69, 9.17) is 14.7 Å². The van der Waals surface area contributed by atoms with Crippen LogP contribution in [0.5, 0.6) is 5.75 Å². The van der Waals surface area contributed by atoms with Crippen molar-refractivity contribution in [2.75, 3.05) is 39.3 Å². The Kier molecular flexibility index (Phi) is 10.5. The molecule has 0 saturated carbocycles. The number of nitrogens with one attached hydrogen (secondary N) is 1. The van der Waals surface area contributed by atoms with Gasteiger partial charge in [0.15, 0.2) is 0 Å². The third kappa shape index (κ3) is 9.07. The van der Waals surface area contributed by atoms with Gasteiger partial charge in [-0.15, -0.1) is 0 Å². The summed E-state index contributed by atoms with van der Waals surface area (Å²) in [6, 6.07) is 17.1. The molecular weight excluding hydrogens is 480 g/mol. The topological polar surface area (TPSA) is 94.9 Å². The quantitative estimate of drug-likeness (QED) is 0.476. The normalized spacial score (nSPS) is 15.2. The smallest absolute Gasteiger partial charge is 0.408 e. The van der Waals surface area contributed by atoms with Crippen LogP contribution in [0.2, 0.25) is 0 Å². The van der Waals surface area contributed by atoms with Crippen molar-refractivity contribution in [1.82, 2.24) is 15.1 Å². The minimum atomic E-state index is -0.603. The first-order chi connectivity index (χ1) is 18.2. The molecule has 3 rings (SSSR count). The van der Waals surface area contributed by atoms with E-state index in [2.05, 4.69) is 16.3 Å². The van der Waals surface area contributed by atoms with Crippen LogP contribution in [0.1, 0.15) is 52.5 Å². The molecule has 1 atom stereocenters. The fourth-order valence-corrected chi connectivity index (χ4v) is 4.38. The third-order valence-electron chi connectivity index (χ3n) is 6.39. The maximum absolute atomic E-state index is 13.1. The van der Waals surface area contributed by atoms with Gasteiger partial charge in [0, 0.05) is 26.2 Å². The van der Waals surface area contributed by atoms with Gasteiger partial charge in [-0.25, -0.2) is 4.79 Å². The summed E-state index contributed by atoms with van der Waals surface area (Å²) >= 11 is 0. The van der Waals surface area contributed by atoms with E-state index in [0.29, 0.717) is 31.7 Å². The predicted octanol–water partition coefficient (Wildman–Crippen LogP) is 4.83. The SMILES string of the molecule is CC[C@@H](NC(=O)OC(C)(C)C)C(=O)N1CCCN(CCCOc2ccc(-c3ccc(C#N)cc3)cc2)CC1. The van der Waals surface area contributed by atoms with Crippen molar-refractivity contribution in [3.8, 4) is 22.9 Å². The van der Waals surface area contributed by atoms with Gasteiger partial charge in [-0.05, 0) is 82.0 Å². The number of carbonyl (C=O) groups is 2. The van der Waals surface area contributed by atoms with Crippen molar-refractivity contribution >= 4 is 12.0 Å². The van der Waals surface area contributed by atoms with Gasteiger partial charge in [0.2, 0.25) is 5.91 Å². The average molecular weight is 521 g/mol. The number of nitrogens with zero attached hydrogens (tertiary/aromatic N) is 3. The summed E-state index contributed by atoms with van der Waals surface area (Å²) in [5, 5.41) is 11.7. The zero-order chi connectivity index (χ0) is 27.5. The standard InChI is InChI=1S/C30H40N4O4/c1-5-27(32-29(36)38-30(2,3)4)28(35)34-18-6-16-33(19-20-34)17-7-21-37-26-14-12-25(13-15-26)24-10-8-23(22-31)9-11-24/h8-15,27H,5-7,16-21H2,1-4H3,(H,32,36)/t27-/m1/s1. The van der Waals surface area contributed by atoms with Gasteiger partial charge in [0.1, 0.15) is 17.4 Å². The van der Waals surface area contributed by atoms with Crippen LogP contribution in [-0.2, 0) is 9.53 Å². The lowest BCUT2D eigenvalue weighted by Crippen LogP contribution is -2.50. The van der Waals surface area contributed by atoms with Crippen LogP contribution < -0.4 is 10.1 Å². The van der Waals surface area contributed by atoms with Gasteiger partial charge in [-0.1, -0.05) is 31.2 Å². The number of hydrogen-bond donors (Lipinski definition) is 1. The Morgan fingerprint density at radius 1 is 1.00 bits per heavy atom. The zero-order valence-corrected chi connectivity index (χ0v) is 23.0.